The van der Waals surface area contributed by atoms with Crippen LogP contribution in [0.1, 0.15) is 31.0 Å². The Balaban J connectivity index is 1.70. The number of esters is 1. The molecule has 2 aromatic rings. The number of hydrogen-bond acceptors (Lipinski definition) is 10. The van der Waals surface area contributed by atoms with Gasteiger partial charge in [-0.25, -0.2) is 9.59 Å². The lowest BCUT2D eigenvalue weighted by molar-refractivity contribution is -0.136. The molecule has 0 saturated carbocycles. The second-order valence-electron chi connectivity index (χ2n) is 7.97. The minimum atomic E-state index is -1.15. The number of carbonyl (C=O) groups excluding carboxylic acids is 2. The van der Waals surface area contributed by atoms with Crippen molar-refractivity contribution in [3.05, 3.63) is 56.3 Å². The summed E-state index contributed by atoms with van der Waals surface area (Å²) in [6.07, 6.45) is 0.314. The topological polar surface area (TPSA) is 160 Å². The van der Waals surface area contributed by atoms with Crippen molar-refractivity contribution in [2.24, 2.45) is 5.10 Å². The van der Waals surface area contributed by atoms with Crippen LogP contribution in [-0.4, -0.2) is 62.1 Å². The predicted molar refractivity (Wildman–Crippen MR) is 146 cm³/mol. The number of halogens is 1. The Morgan fingerprint density at radius 2 is 1.97 bits per heavy atom. The quantitative estimate of drug-likeness (QED) is 0.0818. The van der Waals surface area contributed by atoms with Gasteiger partial charge in [-0.2, -0.15) is 5.10 Å². The predicted octanol–water partition coefficient (Wildman–Crippen LogP) is 2.53. The first-order valence-corrected chi connectivity index (χ1v) is 12.6. The van der Waals surface area contributed by atoms with Crippen LogP contribution < -0.4 is 30.3 Å². The molecule has 1 aliphatic rings. The second-order valence-corrected chi connectivity index (χ2v) is 9.13. The van der Waals surface area contributed by atoms with E-state index in [1.165, 1.54) is 20.4 Å². The number of nitrogens with one attached hydrogen (secondary N) is 3. The number of hydrazone groups is 1. The number of aromatic hydroxyl groups is 1. The van der Waals surface area contributed by atoms with Crippen LogP contribution in [0.2, 0.25) is 0 Å². The number of phenolic OH excluding ortho intramolecular Hbond substituents is 1. The zero-order valence-electron chi connectivity index (χ0n) is 21.2. The van der Waals surface area contributed by atoms with E-state index < -0.39 is 24.3 Å². The van der Waals surface area contributed by atoms with Crippen LogP contribution in [-0.2, 0) is 9.53 Å². The molecule has 2 amide bonds. The number of urea groups is 1. The molecular weight excluding hydrogens is 611 g/mol. The van der Waals surface area contributed by atoms with Gasteiger partial charge in [-0.1, -0.05) is 6.07 Å². The molecule has 3 rings (SSSR count). The number of hydrogen-bond donors (Lipinski definition) is 5. The summed E-state index contributed by atoms with van der Waals surface area (Å²) in [4.78, 5) is 24.5. The highest BCUT2D eigenvalue weighted by molar-refractivity contribution is 14.1. The highest BCUT2D eigenvalue weighted by Gasteiger charge is 2.32. The SMILES string of the molecule is CCOc1cc([C@@H]2NC(=O)NC(C)=C2C(=O)OC)ccc1OC[C@H](O)N/N=C\c1cc(I)c(O)c(OC)c1. The van der Waals surface area contributed by atoms with Crippen molar-refractivity contribution in [2.45, 2.75) is 26.1 Å². The maximum atomic E-state index is 12.4. The number of amides is 2. The van der Waals surface area contributed by atoms with E-state index in [4.69, 9.17) is 18.9 Å². The molecule has 0 saturated heterocycles. The minimum absolute atomic E-state index is 0.0398. The molecule has 1 heterocycles. The second kappa shape index (κ2) is 13.2. The lowest BCUT2D eigenvalue weighted by Gasteiger charge is -2.28. The first kappa shape index (κ1) is 28.8. The number of rotatable bonds is 11. The average molecular weight is 640 g/mol. The standard InChI is InChI=1S/C25H29IN4O8/c1-5-37-18-10-15(22-21(24(33)36-4)13(2)28-25(34)29-22)6-7-17(18)38-12-20(31)30-27-11-14-8-16(26)23(32)19(9-14)35-3/h6-11,20,22,30-32H,5,12H2,1-4H3,(H2,28,29,34)/b27-11-/t20-,22-/m0/s1. The summed E-state index contributed by atoms with van der Waals surface area (Å²) in [5, 5.41) is 29.5. The van der Waals surface area contributed by atoms with E-state index in [1.54, 1.807) is 44.2 Å². The molecule has 1 aliphatic heterocycles. The Morgan fingerprint density at radius 1 is 1.21 bits per heavy atom. The molecule has 12 nitrogen and oxygen atoms in total. The van der Waals surface area contributed by atoms with Gasteiger partial charge in [0.05, 0.1) is 42.2 Å². The summed E-state index contributed by atoms with van der Waals surface area (Å²) >= 11 is 1.98. The van der Waals surface area contributed by atoms with E-state index in [9.17, 15) is 19.8 Å². The zero-order chi connectivity index (χ0) is 27.8. The van der Waals surface area contributed by atoms with Crippen molar-refractivity contribution in [2.75, 3.05) is 27.4 Å². The maximum Gasteiger partial charge on any atom is 0.337 e. The third kappa shape index (κ3) is 6.98. The fourth-order valence-corrected chi connectivity index (χ4v) is 4.27. The van der Waals surface area contributed by atoms with E-state index in [0.29, 0.717) is 44.2 Å². The Hall–Kier alpha value is -3.72. The number of ether oxygens (including phenoxy) is 4. The number of allylic oxidation sites excluding steroid dienone is 1. The van der Waals surface area contributed by atoms with Gasteiger partial charge >= 0.3 is 12.0 Å². The third-order valence-electron chi connectivity index (χ3n) is 5.38. The largest absolute Gasteiger partial charge is 0.504 e. The first-order chi connectivity index (χ1) is 18.2. The number of aliphatic hydroxyl groups excluding tert-OH is 1. The molecule has 0 radical (unpaired) electrons. The van der Waals surface area contributed by atoms with E-state index >= 15 is 0 Å². The molecule has 38 heavy (non-hydrogen) atoms. The number of carbonyl (C=O) groups is 2. The lowest BCUT2D eigenvalue weighted by Crippen LogP contribution is -2.45. The zero-order valence-corrected chi connectivity index (χ0v) is 23.4. The van der Waals surface area contributed by atoms with Crippen LogP contribution in [0.4, 0.5) is 4.79 Å². The molecule has 13 heteroatoms. The summed E-state index contributed by atoms with van der Waals surface area (Å²) in [6.45, 7) is 3.59. The highest BCUT2D eigenvalue weighted by atomic mass is 127. The molecule has 0 aromatic heterocycles. The summed E-state index contributed by atoms with van der Waals surface area (Å²) in [5.74, 6) is 0.481. The fourth-order valence-electron chi connectivity index (χ4n) is 3.64. The van der Waals surface area contributed by atoms with Crippen LogP contribution in [0.3, 0.4) is 0 Å². The van der Waals surface area contributed by atoms with Crippen molar-refractivity contribution >= 4 is 40.8 Å². The van der Waals surface area contributed by atoms with E-state index in [0.717, 1.165) is 0 Å². The first-order valence-electron chi connectivity index (χ1n) is 11.5. The van der Waals surface area contributed by atoms with Crippen molar-refractivity contribution in [3.63, 3.8) is 0 Å². The van der Waals surface area contributed by atoms with Crippen molar-refractivity contribution in [1.82, 2.24) is 16.1 Å². The van der Waals surface area contributed by atoms with Crippen molar-refractivity contribution < 1.29 is 38.7 Å². The molecule has 2 aromatic carbocycles. The molecule has 5 N–H and O–H groups in total. The van der Waals surface area contributed by atoms with E-state index in [1.807, 2.05) is 22.6 Å². The maximum absolute atomic E-state index is 12.4. The molecule has 0 unspecified atom stereocenters. The Kier molecular flexibility index (Phi) is 10.0. The number of nitrogens with zero attached hydrogens (tertiary/aromatic N) is 1. The molecule has 0 aliphatic carbocycles. The van der Waals surface area contributed by atoms with Gasteiger partial charge in [0, 0.05) is 5.70 Å². The van der Waals surface area contributed by atoms with Gasteiger partial charge in [-0.3, -0.25) is 5.43 Å². The number of benzene rings is 2. The Bertz CT molecular complexity index is 1250. The normalized spacial score (nSPS) is 15.9. The number of aliphatic hydroxyl groups is 1. The smallest absolute Gasteiger partial charge is 0.337 e. The summed E-state index contributed by atoms with van der Waals surface area (Å²) in [7, 11) is 2.72. The average Bonchev–Trinajstić information content (AvgIpc) is 2.89. The molecule has 0 fully saturated rings. The van der Waals surface area contributed by atoms with Crippen molar-refractivity contribution in [1.29, 1.82) is 0 Å². The molecular formula is C25H29IN4O8. The molecule has 0 spiro atoms. The number of phenols is 1. The van der Waals surface area contributed by atoms with Crippen LogP contribution in [0, 0.1) is 3.57 Å². The van der Waals surface area contributed by atoms with Gasteiger partial charge in [0.25, 0.3) is 0 Å². The summed E-state index contributed by atoms with van der Waals surface area (Å²) in [6, 6.07) is 7.07. The van der Waals surface area contributed by atoms with Gasteiger partial charge in [0.1, 0.15) is 6.61 Å². The van der Waals surface area contributed by atoms with Gasteiger partial charge in [0.15, 0.2) is 29.2 Å². The highest BCUT2D eigenvalue weighted by Crippen LogP contribution is 2.35. The minimum Gasteiger partial charge on any atom is -0.504 e. The summed E-state index contributed by atoms with van der Waals surface area (Å²) < 4.78 is 22.0. The molecule has 0 bridgehead atoms. The number of methoxy groups -OCH3 is 2. The van der Waals surface area contributed by atoms with Crippen LogP contribution in [0.15, 0.2) is 46.7 Å². The van der Waals surface area contributed by atoms with Crippen LogP contribution in [0.25, 0.3) is 0 Å². The van der Waals surface area contributed by atoms with Crippen molar-refractivity contribution in [3.8, 4) is 23.0 Å². The third-order valence-corrected chi connectivity index (χ3v) is 6.20. The Morgan fingerprint density at radius 3 is 2.66 bits per heavy atom. The Labute approximate surface area is 233 Å². The van der Waals surface area contributed by atoms with E-state index in [2.05, 4.69) is 21.2 Å². The van der Waals surface area contributed by atoms with Crippen LogP contribution in [0.5, 0.6) is 23.0 Å². The van der Waals surface area contributed by atoms with E-state index in [-0.39, 0.29) is 17.9 Å². The van der Waals surface area contributed by atoms with Crippen LogP contribution >= 0.6 is 22.6 Å². The molecule has 2 atom stereocenters. The molecule has 204 valence electrons. The van der Waals surface area contributed by atoms with Gasteiger partial charge in [0.2, 0.25) is 0 Å². The van der Waals surface area contributed by atoms with Gasteiger partial charge in [-0.15, -0.1) is 0 Å². The van der Waals surface area contributed by atoms with Gasteiger partial charge in [-0.05, 0) is 71.8 Å². The lowest BCUT2D eigenvalue weighted by atomic mass is 9.95. The monoisotopic (exact) mass is 640 g/mol. The summed E-state index contributed by atoms with van der Waals surface area (Å²) in [5.41, 5.74) is 4.45. The van der Waals surface area contributed by atoms with Gasteiger partial charge < -0.3 is 39.8 Å². The fraction of sp³-hybridized carbons (Fsp3) is 0.320.